The molecule has 0 amide bonds. The van der Waals surface area contributed by atoms with Crippen molar-refractivity contribution in [3.05, 3.63) is 52.4 Å². The van der Waals surface area contributed by atoms with E-state index in [0.717, 1.165) is 12.1 Å². The van der Waals surface area contributed by atoms with Gasteiger partial charge in [-0.2, -0.15) is 0 Å². The van der Waals surface area contributed by atoms with E-state index in [1.165, 1.54) is 19.2 Å². The predicted octanol–water partition coefficient (Wildman–Crippen LogP) is 3.45. The second-order valence-corrected chi connectivity index (χ2v) is 3.77. The molecule has 0 bridgehead atoms. The average molecular weight is 273 g/mol. The van der Waals surface area contributed by atoms with Crippen LogP contribution in [-0.2, 0) is 0 Å². The molecule has 18 heavy (non-hydrogen) atoms. The van der Waals surface area contributed by atoms with Crippen LogP contribution in [0.2, 0.25) is 5.22 Å². The summed E-state index contributed by atoms with van der Waals surface area (Å²) in [5, 5.41) is -0.0346. The third-order valence-electron chi connectivity index (χ3n) is 2.28. The van der Waals surface area contributed by atoms with Crippen LogP contribution in [0.3, 0.4) is 0 Å². The molecule has 0 N–H and O–H groups in total. The van der Waals surface area contributed by atoms with Crippen molar-refractivity contribution in [3.63, 3.8) is 0 Å². The first-order valence-electron chi connectivity index (χ1n) is 4.86. The lowest BCUT2D eigenvalue weighted by molar-refractivity contribution is 0.100. The maximum absolute atomic E-state index is 13.6. The smallest absolute Gasteiger partial charge is 0.234 e. The Morgan fingerprint density at radius 2 is 1.89 bits per heavy atom. The van der Waals surface area contributed by atoms with Gasteiger partial charge in [0, 0.05) is 12.1 Å². The first-order valence-corrected chi connectivity index (χ1v) is 5.24. The molecule has 0 aliphatic heterocycles. The van der Waals surface area contributed by atoms with Crippen LogP contribution < -0.4 is 4.74 Å². The molecule has 3 nitrogen and oxygen atoms in total. The summed E-state index contributed by atoms with van der Waals surface area (Å²) in [5.74, 6) is -3.21. The van der Waals surface area contributed by atoms with Crippen molar-refractivity contribution >= 4 is 17.4 Å². The van der Waals surface area contributed by atoms with E-state index in [-0.39, 0.29) is 16.7 Å². The number of furan rings is 1. The summed E-state index contributed by atoms with van der Waals surface area (Å²) in [7, 11) is 1.27. The number of benzene rings is 1. The molecule has 0 unspecified atom stereocenters. The minimum atomic E-state index is -1.02. The molecule has 0 radical (unpaired) electrons. The van der Waals surface area contributed by atoms with E-state index in [1.54, 1.807) is 0 Å². The van der Waals surface area contributed by atoms with E-state index in [4.69, 9.17) is 16.0 Å². The summed E-state index contributed by atoms with van der Waals surface area (Å²) in [6.07, 6.45) is 0. The third-order valence-corrected chi connectivity index (χ3v) is 2.48. The highest BCUT2D eigenvalue weighted by atomic mass is 35.5. The van der Waals surface area contributed by atoms with Gasteiger partial charge in [-0.1, -0.05) is 0 Å². The SMILES string of the molecule is COc1cc(F)c(C(=O)c2ccc(Cl)o2)c(F)c1. The van der Waals surface area contributed by atoms with Crippen molar-refractivity contribution in [2.75, 3.05) is 7.11 Å². The fourth-order valence-corrected chi connectivity index (χ4v) is 1.59. The lowest BCUT2D eigenvalue weighted by Gasteiger charge is -2.05. The fourth-order valence-electron chi connectivity index (χ4n) is 1.44. The average Bonchev–Trinajstić information content (AvgIpc) is 2.74. The largest absolute Gasteiger partial charge is 0.497 e. The Kier molecular flexibility index (Phi) is 3.34. The summed E-state index contributed by atoms with van der Waals surface area (Å²) in [6.45, 7) is 0. The maximum atomic E-state index is 13.6. The first-order chi connectivity index (χ1) is 8.52. The fraction of sp³-hybridized carbons (Fsp3) is 0.0833. The lowest BCUT2D eigenvalue weighted by Crippen LogP contribution is -2.07. The van der Waals surface area contributed by atoms with Crippen LogP contribution in [0.4, 0.5) is 8.78 Å². The number of ether oxygens (including phenoxy) is 1. The lowest BCUT2D eigenvalue weighted by atomic mass is 10.1. The van der Waals surface area contributed by atoms with Crippen molar-refractivity contribution in [2.45, 2.75) is 0 Å². The van der Waals surface area contributed by atoms with Crippen LogP contribution in [0.5, 0.6) is 5.75 Å². The third kappa shape index (κ3) is 2.22. The van der Waals surface area contributed by atoms with Gasteiger partial charge in [-0.3, -0.25) is 4.79 Å². The molecule has 0 atom stereocenters. The van der Waals surface area contributed by atoms with Crippen LogP contribution in [0, 0.1) is 11.6 Å². The van der Waals surface area contributed by atoms with E-state index in [9.17, 15) is 13.6 Å². The molecule has 2 rings (SSSR count). The van der Waals surface area contributed by atoms with Gasteiger partial charge in [0.2, 0.25) is 5.78 Å². The zero-order valence-corrected chi connectivity index (χ0v) is 9.92. The van der Waals surface area contributed by atoms with Crippen molar-refractivity contribution in [1.82, 2.24) is 0 Å². The topological polar surface area (TPSA) is 39.4 Å². The molecule has 1 aromatic carbocycles. The molecule has 6 heteroatoms. The number of methoxy groups -OCH3 is 1. The quantitative estimate of drug-likeness (QED) is 0.804. The van der Waals surface area contributed by atoms with Gasteiger partial charge >= 0.3 is 0 Å². The van der Waals surface area contributed by atoms with E-state index in [2.05, 4.69) is 4.74 Å². The Bertz CT molecular complexity index is 584. The van der Waals surface area contributed by atoms with Crippen LogP contribution in [-0.4, -0.2) is 12.9 Å². The number of hydrogen-bond acceptors (Lipinski definition) is 3. The van der Waals surface area contributed by atoms with E-state index < -0.39 is 23.0 Å². The van der Waals surface area contributed by atoms with E-state index >= 15 is 0 Å². The molecule has 0 aliphatic rings. The Labute approximate surface area is 106 Å². The number of rotatable bonds is 3. The van der Waals surface area contributed by atoms with Gasteiger partial charge in [-0.25, -0.2) is 8.78 Å². The summed E-state index contributed by atoms with van der Waals surface area (Å²) >= 11 is 5.49. The van der Waals surface area contributed by atoms with E-state index in [1.807, 2.05) is 0 Å². The minimum absolute atomic E-state index is 0.0148. The van der Waals surface area contributed by atoms with Gasteiger partial charge in [-0.05, 0) is 23.7 Å². The highest BCUT2D eigenvalue weighted by molar-refractivity contribution is 6.29. The Hall–Kier alpha value is -1.88. The second kappa shape index (κ2) is 4.78. The molecule has 0 aliphatic carbocycles. The van der Waals surface area contributed by atoms with Crippen molar-refractivity contribution in [3.8, 4) is 5.75 Å². The Morgan fingerprint density at radius 3 is 2.33 bits per heavy atom. The number of hydrogen-bond donors (Lipinski definition) is 0. The maximum Gasteiger partial charge on any atom is 0.234 e. The molecule has 0 saturated carbocycles. The van der Waals surface area contributed by atoms with Gasteiger partial charge in [0.05, 0.1) is 12.7 Å². The van der Waals surface area contributed by atoms with E-state index in [0.29, 0.717) is 0 Å². The molecule has 0 spiro atoms. The minimum Gasteiger partial charge on any atom is -0.497 e. The zero-order valence-electron chi connectivity index (χ0n) is 9.17. The summed E-state index contributed by atoms with van der Waals surface area (Å²) in [5.41, 5.74) is -0.707. The van der Waals surface area contributed by atoms with Crippen LogP contribution in [0.25, 0.3) is 0 Å². The number of carbonyl (C=O) groups excluding carboxylic acids is 1. The number of halogens is 3. The van der Waals surface area contributed by atoms with Gasteiger partial charge in [0.25, 0.3) is 0 Å². The monoisotopic (exact) mass is 272 g/mol. The van der Waals surface area contributed by atoms with Gasteiger partial charge in [0.15, 0.2) is 11.0 Å². The number of ketones is 1. The number of carbonyl (C=O) groups is 1. The van der Waals surface area contributed by atoms with Gasteiger partial charge < -0.3 is 9.15 Å². The predicted molar refractivity (Wildman–Crippen MR) is 60.1 cm³/mol. The second-order valence-electron chi connectivity index (χ2n) is 3.40. The van der Waals surface area contributed by atoms with Crippen LogP contribution >= 0.6 is 11.6 Å². The highest BCUT2D eigenvalue weighted by Gasteiger charge is 2.23. The summed E-state index contributed by atoms with van der Waals surface area (Å²) < 4.78 is 36.8. The van der Waals surface area contributed by atoms with Crippen LogP contribution in [0.15, 0.2) is 28.7 Å². The molecule has 0 fully saturated rings. The molecule has 2 aromatic rings. The molecular weight excluding hydrogens is 266 g/mol. The highest BCUT2D eigenvalue weighted by Crippen LogP contribution is 2.24. The van der Waals surface area contributed by atoms with Crippen molar-refractivity contribution < 1.29 is 22.7 Å². The van der Waals surface area contributed by atoms with Gasteiger partial charge in [-0.15, -0.1) is 0 Å². The van der Waals surface area contributed by atoms with Crippen molar-refractivity contribution in [1.29, 1.82) is 0 Å². The summed E-state index contributed by atoms with van der Waals surface area (Å²) in [4.78, 5) is 11.8. The van der Waals surface area contributed by atoms with Gasteiger partial charge in [0.1, 0.15) is 17.4 Å². The zero-order chi connectivity index (χ0) is 13.3. The molecule has 1 heterocycles. The molecule has 94 valence electrons. The summed E-state index contributed by atoms with van der Waals surface area (Å²) in [6, 6.07) is 4.39. The Morgan fingerprint density at radius 1 is 1.28 bits per heavy atom. The van der Waals surface area contributed by atoms with Crippen molar-refractivity contribution in [2.24, 2.45) is 0 Å². The molecule has 0 saturated heterocycles. The first kappa shape index (κ1) is 12.6. The standard InChI is InChI=1S/C12H7ClF2O3/c1-17-6-4-7(14)11(8(15)5-6)12(16)9-2-3-10(13)18-9/h2-5H,1H3. The van der Waals surface area contributed by atoms with Crippen LogP contribution in [0.1, 0.15) is 16.1 Å². The molecule has 1 aromatic heterocycles. The Balaban J connectivity index is 2.48. The normalized spacial score (nSPS) is 10.4. The molecular formula is C12H7ClF2O3.